The van der Waals surface area contributed by atoms with Gasteiger partial charge in [0.05, 0.1) is 25.9 Å². The average molecular weight is 185 g/mol. The van der Waals surface area contributed by atoms with Crippen molar-refractivity contribution in [1.29, 1.82) is 0 Å². The Labute approximate surface area is 80.6 Å². The first-order chi connectivity index (χ1) is 6.31. The zero-order valence-electron chi connectivity index (χ0n) is 8.51. The molecule has 0 spiro atoms. The monoisotopic (exact) mass is 185 g/mol. The summed E-state index contributed by atoms with van der Waals surface area (Å²) < 4.78 is 10.4. The van der Waals surface area contributed by atoms with Gasteiger partial charge in [-0.25, -0.2) is 0 Å². The molecule has 0 aromatic heterocycles. The number of rotatable bonds is 7. The number of ether oxygens (including phenoxy) is 2. The molecule has 76 valence electrons. The van der Waals surface area contributed by atoms with Crippen LogP contribution in [-0.2, 0) is 9.47 Å². The summed E-state index contributed by atoms with van der Waals surface area (Å²) in [6, 6.07) is -0.0189. The van der Waals surface area contributed by atoms with Gasteiger partial charge in [0.25, 0.3) is 0 Å². The van der Waals surface area contributed by atoms with Crippen molar-refractivity contribution >= 4 is 0 Å². The van der Waals surface area contributed by atoms with E-state index in [0.29, 0.717) is 26.4 Å². The molecule has 0 aromatic rings. The Morgan fingerprint density at radius 3 is 2.62 bits per heavy atom. The van der Waals surface area contributed by atoms with Crippen LogP contribution in [0.3, 0.4) is 0 Å². The topological polar surface area (TPSA) is 44.5 Å². The summed E-state index contributed by atoms with van der Waals surface area (Å²) in [7, 11) is 0. The standard InChI is InChI=1S/C10H19NO2/c1-3-5-6-7-13-9-10(11)8-12-4-2/h10H,4,6-9,11H2,1-2H3. The Kier molecular flexibility index (Phi) is 9.12. The van der Waals surface area contributed by atoms with Crippen molar-refractivity contribution in [2.75, 3.05) is 26.4 Å². The Bertz CT molecular complexity index is 160. The lowest BCUT2D eigenvalue weighted by Gasteiger charge is -2.10. The zero-order valence-corrected chi connectivity index (χ0v) is 8.51. The van der Waals surface area contributed by atoms with Gasteiger partial charge in [0.2, 0.25) is 0 Å². The fourth-order valence-corrected chi connectivity index (χ4v) is 0.800. The molecular weight excluding hydrogens is 166 g/mol. The van der Waals surface area contributed by atoms with E-state index in [4.69, 9.17) is 15.2 Å². The molecule has 0 fully saturated rings. The Hall–Kier alpha value is -0.560. The minimum atomic E-state index is -0.0189. The lowest BCUT2D eigenvalue weighted by Crippen LogP contribution is -2.31. The highest BCUT2D eigenvalue weighted by Crippen LogP contribution is 1.86. The molecule has 0 aliphatic carbocycles. The van der Waals surface area contributed by atoms with Crippen molar-refractivity contribution in [3.8, 4) is 11.8 Å². The van der Waals surface area contributed by atoms with Crippen LogP contribution < -0.4 is 5.73 Å². The maximum absolute atomic E-state index is 5.69. The predicted molar refractivity (Wildman–Crippen MR) is 53.4 cm³/mol. The molecule has 0 saturated heterocycles. The van der Waals surface area contributed by atoms with Crippen LogP contribution in [0.1, 0.15) is 20.3 Å². The molecule has 3 heteroatoms. The highest BCUT2D eigenvalue weighted by Gasteiger charge is 2.00. The summed E-state index contributed by atoms with van der Waals surface area (Å²) in [6.45, 7) is 6.24. The van der Waals surface area contributed by atoms with E-state index in [-0.39, 0.29) is 6.04 Å². The first kappa shape index (κ1) is 12.4. The van der Waals surface area contributed by atoms with Gasteiger partial charge in [0.1, 0.15) is 0 Å². The van der Waals surface area contributed by atoms with Crippen molar-refractivity contribution in [2.45, 2.75) is 26.3 Å². The molecule has 0 radical (unpaired) electrons. The van der Waals surface area contributed by atoms with Crippen molar-refractivity contribution in [3.63, 3.8) is 0 Å². The first-order valence-electron chi connectivity index (χ1n) is 4.62. The summed E-state index contributed by atoms with van der Waals surface area (Å²) in [4.78, 5) is 0. The van der Waals surface area contributed by atoms with Crippen LogP contribution in [0.5, 0.6) is 0 Å². The van der Waals surface area contributed by atoms with Crippen molar-refractivity contribution in [2.24, 2.45) is 5.73 Å². The third kappa shape index (κ3) is 9.35. The lowest BCUT2D eigenvalue weighted by molar-refractivity contribution is 0.0746. The molecule has 0 heterocycles. The van der Waals surface area contributed by atoms with Gasteiger partial charge in [-0.3, -0.25) is 0 Å². The van der Waals surface area contributed by atoms with Gasteiger partial charge in [-0.2, -0.15) is 0 Å². The molecule has 13 heavy (non-hydrogen) atoms. The third-order valence-corrected chi connectivity index (χ3v) is 1.42. The van der Waals surface area contributed by atoms with Crippen LogP contribution in [-0.4, -0.2) is 32.5 Å². The second-order valence-corrected chi connectivity index (χ2v) is 2.67. The van der Waals surface area contributed by atoms with E-state index >= 15 is 0 Å². The summed E-state index contributed by atoms with van der Waals surface area (Å²) in [5.74, 6) is 5.72. The van der Waals surface area contributed by atoms with E-state index in [2.05, 4.69) is 11.8 Å². The number of hydrogen-bond acceptors (Lipinski definition) is 3. The van der Waals surface area contributed by atoms with Crippen LogP contribution in [0.25, 0.3) is 0 Å². The molecule has 0 bridgehead atoms. The normalized spacial score (nSPS) is 11.9. The van der Waals surface area contributed by atoms with Gasteiger partial charge in [-0.1, -0.05) is 0 Å². The predicted octanol–water partition coefficient (Wildman–Crippen LogP) is 0.780. The van der Waals surface area contributed by atoms with Gasteiger partial charge in [0, 0.05) is 13.0 Å². The SMILES string of the molecule is CC#CCCOCC(N)COCC. The molecule has 0 aliphatic rings. The van der Waals surface area contributed by atoms with Gasteiger partial charge in [-0.15, -0.1) is 11.8 Å². The quantitative estimate of drug-likeness (QED) is 0.471. The van der Waals surface area contributed by atoms with Crippen LogP contribution in [0, 0.1) is 11.8 Å². The van der Waals surface area contributed by atoms with E-state index in [1.165, 1.54) is 0 Å². The molecule has 1 atom stereocenters. The van der Waals surface area contributed by atoms with Crippen LogP contribution in [0.15, 0.2) is 0 Å². The van der Waals surface area contributed by atoms with Crippen LogP contribution in [0.2, 0.25) is 0 Å². The minimum absolute atomic E-state index is 0.0189. The molecule has 0 amide bonds. The summed E-state index contributed by atoms with van der Waals surface area (Å²) in [5.41, 5.74) is 5.69. The van der Waals surface area contributed by atoms with Gasteiger partial charge in [0.15, 0.2) is 0 Å². The fourth-order valence-electron chi connectivity index (χ4n) is 0.800. The van der Waals surface area contributed by atoms with Gasteiger partial charge < -0.3 is 15.2 Å². The molecular formula is C10H19NO2. The van der Waals surface area contributed by atoms with Crippen LogP contribution >= 0.6 is 0 Å². The summed E-state index contributed by atoms with van der Waals surface area (Å²) in [6.07, 6.45) is 0.776. The molecule has 0 rings (SSSR count). The highest BCUT2D eigenvalue weighted by molar-refractivity contribution is 4.94. The van der Waals surface area contributed by atoms with E-state index in [1.807, 2.05) is 13.8 Å². The Morgan fingerprint density at radius 1 is 1.31 bits per heavy atom. The highest BCUT2D eigenvalue weighted by atomic mass is 16.5. The smallest absolute Gasteiger partial charge is 0.0640 e. The number of nitrogens with two attached hydrogens (primary N) is 1. The molecule has 0 aromatic carbocycles. The van der Waals surface area contributed by atoms with Gasteiger partial charge in [-0.05, 0) is 13.8 Å². The summed E-state index contributed by atoms with van der Waals surface area (Å²) >= 11 is 0. The van der Waals surface area contributed by atoms with E-state index in [1.54, 1.807) is 0 Å². The van der Waals surface area contributed by atoms with E-state index in [9.17, 15) is 0 Å². The third-order valence-electron chi connectivity index (χ3n) is 1.42. The maximum Gasteiger partial charge on any atom is 0.0640 e. The summed E-state index contributed by atoms with van der Waals surface area (Å²) in [5, 5.41) is 0. The van der Waals surface area contributed by atoms with Crippen molar-refractivity contribution in [1.82, 2.24) is 0 Å². The molecule has 3 nitrogen and oxygen atoms in total. The van der Waals surface area contributed by atoms with Crippen LogP contribution in [0.4, 0.5) is 0 Å². The fraction of sp³-hybridized carbons (Fsp3) is 0.800. The first-order valence-corrected chi connectivity index (χ1v) is 4.62. The van der Waals surface area contributed by atoms with Crippen molar-refractivity contribution < 1.29 is 9.47 Å². The molecule has 2 N–H and O–H groups in total. The van der Waals surface area contributed by atoms with Crippen molar-refractivity contribution in [3.05, 3.63) is 0 Å². The maximum atomic E-state index is 5.69. The Balaban J connectivity index is 3.14. The molecule has 0 saturated carbocycles. The largest absolute Gasteiger partial charge is 0.380 e. The Morgan fingerprint density at radius 2 is 2.00 bits per heavy atom. The zero-order chi connectivity index (χ0) is 9.94. The molecule has 0 aliphatic heterocycles. The second kappa shape index (κ2) is 9.53. The van der Waals surface area contributed by atoms with E-state index < -0.39 is 0 Å². The average Bonchev–Trinajstić information content (AvgIpc) is 2.14. The minimum Gasteiger partial charge on any atom is -0.380 e. The molecule has 1 unspecified atom stereocenters. The second-order valence-electron chi connectivity index (χ2n) is 2.67. The van der Waals surface area contributed by atoms with Gasteiger partial charge >= 0.3 is 0 Å². The lowest BCUT2D eigenvalue weighted by atomic mass is 10.3. The van der Waals surface area contributed by atoms with E-state index in [0.717, 1.165) is 6.42 Å². The number of hydrogen-bond donors (Lipinski definition) is 1.